The zero-order valence-electron chi connectivity index (χ0n) is 6.68. The minimum Gasteiger partial charge on any atom is -0.428 e. The Morgan fingerprint density at radius 2 is 2.18 bits per heavy atom. The fourth-order valence-electron chi connectivity index (χ4n) is 1.09. The number of hydrogen-bond acceptors (Lipinski definition) is 3. The SMILES string of the molecule is Cc1cc(=O)oc(C)c1CN. The van der Waals surface area contributed by atoms with E-state index in [1.54, 1.807) is 6.92 Å². The Morgan fingerprint density at radius 3 is 2.64 bits per heavy atom. The number of nitrogens with two attached hydrogens (primary N) is 1. The van der Waals surface area contributed by atoms with Crippen LogP contribution in [-0.4, -0.2) is 0 Å². The van der Waals surface area contributed by atoms with Crippen LogP contribution in [0.4, 0.5) is 0 Å². The summed E-state index contributed by atoms with van der Waals surface area (Å²) in [5.74, 6) is 0.623. The zero-order valence-corrected chi connectivity index (χ0v) is 6.68. The molecule has 3 heteroatoms. The summed E-state index contributed by atoms with van der Waals surface area (Å²) in [5, 5.41) is 0. The van der Waals surface area contributed by atoms with E-state index in [1.165, 1.54) is 6.07 Å². The molecular formula is C8H11NO2. The van der Waals surface area contributed by atoms with Crippen LogP contribution in [0.25, 0.3) is 0 Å². The molecule has 1 aromatic rings. The van der Waals surface area contributed by atoms with Gasteiger partial charge in [-0.1, -0.05) is 0 Å². The predicted octanol–water partition coefficient (Wildman–Crippen LogP) is 0.715. The fraction of sp³-hybridized carbons (Fsp3) is 0.375. The van der Waals surface area contributed by atoms with Gasteiger partial charge in [0.15, 0.2) is 0 Å². The Labute approximate surface area is 64.8 Å². The molecule has 3 nitrogen and oxygen atoms in total. The number of rotatable bonds is 1. The molecule has 1 aromatic heterocycles. The molecule has 0 aliphatic carbocycles. The van der Waals surface area contributed by atoms with Gasteiger partial charge in [-0.15, -0.1) is 0 Å². The zero-order chi connectivity index (χ0) is 8.43. The van der Waals surface area contributed by atoms with E-state index >= 15 is 0 Å². The second-order valence-electron chi connectivity index (χ2n) is 2.49. The number of aryl methyl sites for hydroxylation is 2. The first-order chi connectivity index (χ1) is 5.15. The van der Waals surface area contributed by atoms with Crippen LogP contribution in [0.15, 0.2) is 15.3 Å². The summed E-state index contributed by atoms with van der Waals surface area (Å²) in [5.41, 5.74) is 6.96. The van der Waals surface area contributed by atoms with Crippen molar-refractivity contribution in [1.29, 1.82) is 0 Å². The summed E-state index contributed by atoms with van der Waals surface area (Å²) >= 11 is 0. The van der Waals surface area contributed by atoms with E-state index in [0.29, 0.717) is 12.3 Å². The lowest BCUT2D eigenvalue weighted by Crippen LogP contribution is -2.07. The van der Waals surface area contributed by atoms with Crippen molar-refractivity contribution in [2.75, 3.05) is 0 Å². The molecule has 0 atom stereocenters. The molecule has 0 unspecified atom stereocenters. The first-order valence-corrected chi connectivity index (χ1v) is 3.45. The molecule has 0 spiro atoms. The van der Waals surface area contributed by atoms with Crippen molar-refractivity contribution in [3.05, 3.63) is 33.4 Å². The summed E-state index contributed by atoms with van der Waals surface area (Å²) in [4.78, 5) is 10.8. The minimum atomic E-state index is -0.308. The van der Waals surface area contributed by atoms with Crippen molar-refractivity contribution in [3.8, 4) is 0 Å². The van der Waals surface area contributed by atoms with Gasteiger partial charge in [-0.05, 0) is 19.4 Å². The molecule has 11 heavy (non-hydrogen) atoms. The Bertz CT molecular complexity index is 288. The van der Waals surface area contributed by atoms with E-state index in [1.807, 2.05) is 6.92 Å². The van der Waals surface area contributed by atoms with Gasteiger partial charge in [0.25, 0.3) is 0 Å². The Hall–Kier alpha value is -1.09. The van der Waals surface area contributed by atoms with Gasteiger partial charge >= 0.3 is 5.63 Å². The normalized spacial score (nSPS) is 10.1. The van der Waals surface area contributed by atoms with E-state index in [0.717, 1.165) is 11.1 Å². The average molecular weight is 153 g/mol. The topological polar surface area (TPSA) is 56.2 Å². The van der Waals surface area contributed by atoms with E-state index in [9.17, 15) is 4.79 Å². The third-order valence-electron chi connectivity index (χ3n) is 1.69. The Balaban J connectivity index is 3.36. The molecule has 1 rings (SSSR count). The molecule has 0 radical (unpaired) electrons. The Kier molecular flexibility index (Phi) is 2.10. The third kappa shape index (κ3) is 1.49. The first kappa shape index (κ1) is 8.01. The van der Waals surface area contributed by atoms with E-state index in [4.69, 9.17) is 10.2 Å². The summed E-state index contributed by atoms with van der Waals surface area (Å²) in [6.45, 7) is 4.02. The maximum Gasteiger partial charge on any atom is 0.336 e. The summed E-state index contributed by atoms with van der Waals surface area (Å²) in [6, 6.07) is 1.45. The molecule has 0 saturated carbocycles. The van der Waals surface area contributed by atoms with Crippen LogP contribution in [0.3, 0.4) is 0 Å². The highest BCUT2D eigenvalue weighted by Crippen LogP contribution is 2.08. The lowest BCUT2D eigenvalue weighted by molar-refractivity contribution is 0.471. The van der Waals surface area contributed by atoms with Crippen molar-refractivity contribution in [2.24, 2.45) is 5.73 Å². The quantitative estimate of drug-likeness (QED) is 0.646. The first-order valence-electron chi connectivity index (χ1n) is 3.45. The van der Waals surface area contributed by atoms with Gasteiger partial charge in [0.05, 0.1) is 0 Å². The molecule has 2 N–H and O–H groups in total. The minimum absolute atomic E-state index is 0.308. The van der Waals surface area contributed by atoms with Gasteiger partial charge < -0.3 is 10.2 Å². The van der Waals surface area contributed by atoms with Crippen LogP contribution in [0.1, 0.15) is 16.9 Å². The van der Waals surface area contributed by atoms with Crippen LogP contribution in [-0.2, 0) is 6.54 Å². The second-order valence-corrected chi connectivity index (χ2v) is 2.49. The van der Waals surface area contributed by atoms with Crippen LogP contribution in [0.2, 0.25) is 0 Å². The standard InChI is InChI=1S/C8H11NO2/c1-5-3-8(10)11-6(2)7(5)4-9/h3H,4,9H2,1-2H3. The summed E-state index contributed by atoms with van der Waals surface area (Å²) in [7, 11) is 0. The van der Waals surface area contributed by atoms with Crippen molar-refractivity contribution in [1.82, 2.24) is 0 Å². The van der Waals surface area contributed by atoms with Crippen molar-refractivity contribution < 1.29 is 4.42 Å². The van der Waals surface area contributed by atoms with Crippen molar-refractivity contribution >= 4 is 0 Å². The molecule has 0 fully saturated rings. The molecule has 60 valence electrons. The second kappa shape index (κ2) is 2.88. The van der Waals surface area contributed by atoms with Crippen LogP contribution in [0.5, 0.6) is 0 Å². The largest absolute Gasteiger partial charge is 0.428 e. The monoisotopic (exact) mass is 153 g/mol. The Morgan fingerprint density at radius 1 is 1.55 bits per heavy atom. The van der Waals surface area contributed by atoms with Gasteiger partial charge in [0.1, 0.15) is 5.76 Å². The maximum absolute atomic E-state index is 10.8. The lowest BCUT2D eigenvalue weighted by Gasteiger charge is -2.03. The van der Waals surface area contributed by atoms with Crippen molar-refractivity contribution in [2.45, 2.75) is 20.4 Å². The fourth-order valence-corrected chi connectivity index (χ4v) is 1.09. The predicted molar refractivity (Wildman–Crippen MR) is 42.3 cm³/mol. The molecule has 0 saturated heterocycles. The van der Waals surface area contributed by atoms with E-state index in [2.05, 4.69) is 0 Å². The highest BCUT2D eigenvalue weighted by molar-refractivity contribution is 5.25. The van der Waals surface area contributed by atoms with Gasteiger partial charge in [-0.25, -0.2) is 4.79 Å². The maximum atomic E-state index is 10.8. The summed E-state index contributed by atoms with van der Waals surface area (Å²) < 4.78 is 4.84. The van der Waals surface area contributed by atoms with Crippen LogP contribution >= 0.6 is 0 Å². The smallest absolute Gasteiger partial charge is 0.336 e. The third-order valence-corrected chi connectivity index (χ3v) is 1.69. The lowest BCUT2D eigenvalue weighted by atomic mass is 10.1. The van der Waals surface area contributed by atoms with Crippen LogP contribution < -0.4 is 11.4 Å². The van der Waals surface area contributed by atoms with E-state index in [-0.39, 0.29) is 5.63 Å². The molecule has 0 aliphatic heterocycles. The molecular weight excluding hydrogens is 142 g/mol. The molecule has 0 amide bonds. The summed E-state index contributed by atoms with van der Waals surface area (Å²) in [6.07, 6.45) is 0. The molecule has 0 bridgehead atoms. The molecule has 0 aliphatic rings. The van der Waals surface area contributed by atoms with Gasteiger partial charge in [0, 0.05) is 18.2 Å². The molecule has 0 aromatic carbocycles. The van der Waals surface area contributed by atoms with Gasteiger partial charge in [-0.3, -0.25) is 0 Å². The highest BCUT2D eigenvalue weighted by atomic mass is 16.4. The highest BCUT2D eigenvalue weighted by Gasteiger charge is 2.02. The van der Waals surface area contributed by atoms with Crippen molar-refractivity contribution in [3.63, 3.8) is 0 Å². The average Bonchev–Trinajstić information content (AvgIpc) is 1.85. The van der Waals surface area contributed by atoms with Gasteiger partial charge in [0.2, 0.25) is 0 Å². The number of hydrogen-bond donors (Lipinski definition) is 1. The van der Waals surface area contributed by atoms with E-state index < -0.39 is 0 Å². The van der Waals surface area contributed by atoms with Crippen LogP contribution in [0, 0.1) is 13.8 Å². The van der Waals surface area contributed by atoms with Gasteiger partial charge in [-0.2, -0.15) is 0 Å². The molecule has 1 heterocycles.